The van der Waals surface area contributed by atoms with Crippen LogP contribution in [-0.2, 0) is 67.4 Å². The average Bonchev–Trinajstić information content (AvgIpc) is 0. The summed E-state index contributed by atoms with van der Waals surface area (Å²) in [5, 5.41) is 0. The van der Waals surface area contributed by atoms with Crippen molar-refractivity contribution in [2.75, 3.05) is 0 Å². The maximum Gasteiger partial charge on any atom is 1.00 e. The van der Waals surface area contributed by atoms with E-state index in [2.05, 4.69) is 0 Å². The Morgan fingerprint density at radius 2 is 1.00 bits per heavy atom. The zero-order valence-corrected chi connectivity index (χ0v) is 6.79. The molecule has 0 spiro atoms. The van der Waals surface area contributed by atoms with Crippen molar-refractivity contribution in [3.8, 4) is 0 Å². The van der Waals surface area contributed by atoms with Crippen LogP contribution in [0.25, 0.3) is 0 Å². The average molecular weight is 235 g/mol. The Hall–Kier alpha value is 2.64. The Balaban J connectivity index is 0. The zero-order chi connectivity index (χ0) is 0. The third-order valence-corrected chi connectivity index (χ3v) is 0. The molecule has 5 heavy (non-hydrogen) atoms. The standard InChI is InChI=1S/Co.Li.2Mn.Ni.H/q;+1;;;;-1. The summed E-state index contributed by atoms with van der Waals surface area (Å²) >= 11 is 0. The van der Waals surface area contributed by atoms with Gasteiger partial charge in [-0.2, -0.15) is 0 Å². The molecule has 0 aromatic carbocycles. The van der Waals surface area contributed by atoms with Gasteiger partial charge in [0.05, 0.1) is 0 Å². The normalized spacial score (nSPS) is 0. The molecular weight excluding hydrogens is 234 g/mol. The third-order valence-electron chi connectivity index (χ3n) is 0. The van der Waals surface area contributed by atoms with Crippen molar-refractivity contribution in [1.29, 1.82) is 0 Å². The molecule has 0 aromatic rings. The number of rotatable bonds is 0. The molecule has 0 nitrogen and oxygen atoms in total. The summed E-state index contributed by atoms with van der Waals surface area (Å²) in [6.07, 6.45) is 0. The molecule has 0 rings (SSSR count). The predicted octanol–water partition coefficient (Wildman–Crippen LogP) is -2.89. The molecule has 3 radical (unpaired) electrons. The summed E-state index contributed by atoms with van der Waals surface area (Å²) in [6.45, 7) is 0. The van der Waals surface area contributed by atoms with E-state index in [1.165, 1.54) is 0 Å². The van der Waals surface area contributed by atoms with Crippen LogP contribution in [0.1, 0.15) is 1.43 Å². The second-order valence-corrected chi connectivity index (χ2v) is 0. The van der Waals surface area contributed by atoms with Gasteiger partial charge in [0, 0.05) is 67.4 Å². The first-order valence-electron chi connectivity index (χ1n) is 0. The van der Waals surface area contributed by atoms with Crippen molar-refractivity contribution in [2.45, 2.75) is 0 Å². The molecule has 5 heteroatoms. The van der Waals surface area contributed by atoms with Gasteiger partial charge < -0.3 is 1.43 Å². The molecule has 0 unspecified atom stereocenters. The second-order valence-electron chi connectivity index (χ2n) is 0. The molecule has 0 bridgehead atoms. The van der Waals surface area contributed by atoms with Crippen molar-refractivity contribution in [2.24, 2.45) is 0 Å². The Morgan fingerprint density at radius 1 is 1.00 bits per heavy atom. The van der Waals surface area contributed by atoms with E-state index in [9.17, 15) is 0 Å². The predicted molar refractivity (Wildman–Crippen MR) is 1.11 cm³/mol. The van der Waals surface area contributed by atoms with Gasteiger partial charge in [0.1, 0.15) is 0 Å². The van der Waals surface area contributed by atoms with Crippen molar-refractivity contribution in [3.63, 3.8) is 0 Å². The molecule has 0 N–H and O–H groups in total. The molecular formula is HCoLiMn2Ni. The van der Waals surface area contributed by atoms with Gasteiger partial charge >= 0.3 is 18.9 Å². The summed E-state index contributed by atoms with van der Waals surface area (Å²) in [6, 6.07) is 0. The summed E-state index contributed by atoms with van der Waals surface area (Å²) in [5.74, 6) is 0. The van der Waals surface area contributed by atoms with Crippen LogP contribution >= 0.6 is 0 Å². The summed E-state index contributed by atoms with van der Waals surface area (Å²) in [7, 11) is 0. The van der Waals surface area contributed by atoms with Crippen LogP contribution in [-0.4, -0.2) is 0 Å². The van der Waals surface area contributed by atoms with E-state index in [1.807, 2.05) is 0 Å². The van der Waals surface area contributed by atoms with Gasteiger partial charge in [-0.15, -0.1) is 0 Å². The SMILES string of the molecule is [Co].[H-].[Li+].[Mn].[Mn].[Ni]. The van der Waals surface area contributed by atoms with Crippen LogP contribution in [0.4, 0.5) is 0 Å². The van der Waals surface area contributed by atoms with E-state index in [0.29, 0.717) is 0 Å². The van der Waals surface area contributed by atoms with E-state index in [0.717, 1.165) is 0 Å². The largest absolute Gasteiger partial charge is 1.00 e. The van der Waals surface area contributed by atoms with Crippen LogP contribution in [0, 0.1) is 0 Å². The Morgan fingerprint density at radius 3 is 1.00 bits per heavy atom. The van der Waals surface area contributed by atoms with Crippen LogP contribution in [0.3, 0.4) is 0 Å². The van der Waals surface area contributed by atoms with Gasteiger partial charge in [-0.1, -0.05) is 0 Å². The monoisotopic (exact) mass is 235 g/mol. The van der Waals surface area contributed by atoms with Gasteiger partial charge in [-0.3, -0.25) is 0 Å². The molecule has 0 saturated carbocycles. The van der Waals surface area contributed by atoms with Crippen molar-refractivity contribution in [3.05, 3.63) is 0 Å². The van der Waals surface area contributed by atoms with Crippen molar-refractivity contribution >= 4 is 0 Å². The maximum absolute atomic E-state index is 0. The smallest absolute Gasteiger partial charge is 1.00 e. The summed E-state index contributed by atoms with van der Waals surface area (Å²) in [5.41, 5.74) is 0. The first-order valence-corrected chi connectivity index (χ1v) is 0. The van der Waals surface area contributed by atoms with E-state index in [1.54, 1.807) is 0 Å². The number of hydrogen-bond acceptors (Lipinski definition) is 0. The minimum absolute atomic E-state index is 0. The quantitative estimate of drug-likeness (QED) is 0.396. The van der Waals surface area contributed by atoms with Gasteiger partial charge in [-0.25, -0.2) is 0 Å². The molecule has 0 aliphatic rings. The third kappa shape index (κ3) is 20.5. The molecule has 0 aliphatic heterocycles. The maximum atomic E-state index is 0. The summed E-state index contributed by atoms with van der Waals surface area (Å²) in [4.78, 5) is 0. The fraction of sp³-hybridized carbons (Fsp3) is 0. The van der Waals surface area contributed by atoms with Gasteiger partial charge in [0.2, 0.25) is 0 Å². The van der Waals surface area contributed by atoms with Gasteiger partial charge in [0.15, 0.2) is 0 Å². The molecule has 0 aliphatic carbocycles. The Bertz CT molecular complexity index is 13.5. The van der Waals surface area contributed by atoms with E-state index >= 15 is 0 Å². The van der Waals surface area contributed by atoms with Crippen molar-refractivity contribution in [1.82, 2.24) is 0 Å². The fourth-order valence-electron chi connectivity index (χ4n) is 0. The van der Waals surface area contributed by atoms with Crippen LogP contribution in [0.5, 0.6) is 0 Å². The molecule has 0 fully saturated rings. The minimum atomic E-state index is 0. The van der Waals surface area contributed by atoms with E-state index in [4.69, 9.17) is 0 Å². The van der Waals surface area contributed by atoms with Gasteiger partial charge in [-0.05, 0) is 0 Å². The first-order chi connectivity index (χ1) is 0. The van der Waals surface area contributed by atoms with Gasteiger partial charge in [0.25, 0.3) is 0 Å². The number of hydrogen-bond donors (Lipinski definition) is 0. The van der Waals surface area contributed by atoms with Crippen molar-refractivity contribution < 1.29 is 87.7 Å². The Kier molecular flexibility index (Phi) is 294. The van der Waals surface area contributed by atoms with E-state index < -0.39 is 0 Å². The molecule has 0 heterocycles. The molecule has 0 amide bonds. The van der Waals surface area contributed by atoms with Crippen LogP contribution in [0.15, 0.2) is 0 Å². The topological polar surface area (TPSA) is 0 Å². The second kappa shape index (κ2) is 30.3. The molecule has 35 valence electrons. The van der Waals surface area contributed by atoms with Crippen LogP contribution in [0.2, 0.25) is 0 Å². The molecule has 0 atom stereocenters. The van der Waals surface area contributed by atoms with Crippen LogP contribution < -0.4 is 18.9 Å². The first kappa shape index (κ1) is 48.4. The molecule has 0 saturated heterocycles. The van der Waals surface area contributed by atoms with E-state index in [-0.39, 0.29) is 87.7 Å². The molecule has 0 aromatic heterocycles. The zero-order valence-electron chi connectivity index (χ0n) is 3.41. The Labute approximate surface area is 86.7 Å². The minimum Gasteiger partial charge on any atom is -1.00 e. The fourth-order valence-corrected chi connectivity index (χ4v) is 0. The summed E-state index contributed by atoms with van der Waals surface area (Å²) < 4.78 is 0.